The summed E-state index contributed by atoms with van der Waals surface area (Å²) in [4.78, 5) is 27.3. The molecule has 0 unspecified atom stereocenters. The lowest BCUT2D eigenvalue weighted by Gasteiger charge is -2.16. The van der Waals surface area contributed by atoms with Gasteiger partial charge in [-0.3, -0.25) is 9.69 Å². The van der Waals surface area contributed by atoms with Gasteiger partial charge in [0.2, 0.25) is 0 Å². The highest BCUT2D eigenvalue weighted by Gasteiger charge is 2.32. The normalized spacial score (nSPS) is 15.3. The summed E-state index contributed by atoms with van der Waals surface area (Å²) in [6, 6.07) is 9.49. The minimum atomic E-state index is -0.296. The van der Waals surface area contributed by atoms with Crippen LogP contribution in [0.4, 0.5) is 0 Å². The second kappa shape index (κ2) is 10.5. The minimum absolute atomic E-state index is 0.0237. The fraction of sp³-hybridized carbons (Fsp3) is 0.400. The molecule has 7 heteroatoms. The molecule has 0 N–H and O–H groups in total. The quantitative estimate of drug-likeness (QED) is 0.208. The number of unbranched alkanes of at least 4 members (excludes halogenated alkanes) is 1. The van der Waals surface area contributed by atoms with E-state index >= 15 is 0 Å². The van der Waals surface area contributed by atoms with Gasteiger partial charge in [0.05, 0.1) is 17.1 Å². The van der Waals surface area contributed by atoms with Crippen molar-refractivity contribution in [3.63, 3.8) is 0 Å². The predicted octanol–water partition coefficient (Wildman–Crippen LogP) is 5.91. The van der Waals surface area contributed by atoms with Crippen LogP contribution in [0.1, 0.15) is 60.9 Å². The zero-order valence-electron chi connectivity index (χ0n) is 19.3. The Morgan fingerprint density at radius 2 is 1.91 bits per heavy atom. The first-order chi connectivity index (χ1) is 15.2. The van der Waals surface area contributed by atoms with E-state index in [4.69, 9.17) is 17.0 Å². The van der Waals surface area contributed by atoms with E-state index in [1.165, 1.54) is 11.8 Å². The summed E-state index contributed by atoms with van der Waals surface area (Å²) in [5, 5.41) is 0. The van der Waals surface area contributed by atoms with Gasteiger partial charge in [-0.1, -0.05) is 51.2 Å². The molecule has 1 saturated heterocycles. The second-order valence-electron chi connectivity index (χ2n) is 8.38. The molecule has 1 aliphatic rings. The Morgan fingerprint density at radius 1 is 1.22 bits per heavy atom. The highest BCUT2D eigenvalue weighted by Crippen LogP contribution is 2.34. The van der Waals surface area contributed by atoms with Crippen molar-refractivity contribution in [1.29, 1.82) is 0 Å². The van der Waals surface area contributed by atoms with Gasteiger partial charge < -0.3 is 9.30 Å². The van der Waals surface area contributed by atoms with Gasteiger partial charge in [0.1, 0.15) is 4.32 Å². The Balaban J connectivity index is 1.82. The number of hydrogen-bond donors (Lipinski definition) is 0. The van der Waals surface area contributed by atoms with Crippen molar-refractivity contribution in [2.24, 2.45) is 5.92 Å². The average molecular weight is 471 g/mol. The highest BCUT2D eigenvalue weighted by atomic mass is 32.2. The summed E-state index contributed by atoms with van der Waals surface area (Å²) in [6.07, 6.45) is 3.78. The number of thioether (sulfide) groups is 1. The van der Waals surface area contributed by atoms with Gasteiger partial charge in [-0.25, -0.2) is 4.79 Å². The fourth-order valence-electron chi connectivity index (χ4n) is 3.63. The number of aryl methyl sites for hydroxylation is 1. The van der Waals surface area contributed by atoms with Gasteiger partial charge in [-0.15, -0.1) is 0 Å². The molecule has 0 bridgehead atoms. The number of carbonyl (C=O) groups excluding carboxylic acids is 2. The number of benzene rings is 1. The van der Waals surface area contributed by atoms with Gasteiger partial charge in [-0.05, 0) is 68.2 Å². The standard InChI is InChI=1S/C25H30N2O3S2/c1-6-7-12-30-24(29)19-8-10-21(11-9-19)27-17(4)13-20(18(27)5)14-22-23(28)26(15-16(2)3)25(31)32-22/h8-11,13-14,16H,6-7,12,15H2,1-5H3/b22-14-. The number of hydrogen-bond acceptors (Lipinski definition) is 5. The average Bonchev–Trinajstić information content (AvgIpc) is 3.17. The third kappa shape index (κ3) is 5.33. The number of amides is 1. The molecule has 0 aliphatic carbocycles. The van der Waals surface area contributed by atoms with Crippen molar-refractivity contribution in [2.45, 2.75) is 47.5 Å². The molecule has 0 spiro atoms. The summed E-state index contributed by atoms with van der Waals surface area (Å²) in [5.74, 6) is 0.0355. The number of aromatic nitrogens is 1. The van der Waals surface area contributed by atoms with E-state index in [1.54, 1.807) is 17.0 Å². The van der Waals surface area contributed by atoms with Crippen molar-refractivity contribution in [3.8, 4) is 5.69 Å². The molecule has 0 radical (unpaired) electrons. The Bertz CT molecular complexity index is 1050. The number of esters is 1. The van der Waals surface area contributed by atoms with E-state index in [9.17, 15) is 9.59 Å². The Morgan fingerprint density at radius 3 is 2.53 bits per heavy atom. The van der Waals surface area contributed by atoms with E-state index in [0.29, 0.717) is 33.9 Å². The molecule has 1 amide bonds. The first-order valence-corrected chi connectivity index (χ1v) is 12.2. The van der Waals surface area contributed by atoms with E-state index < -0.39 is 0 Å². The lowest BCUT2D eigenvalue weighted by Crippen LogP contribution is -2.31. The highest BCUT2D eigenvalue weighted by molar-refractivity contribution is 8.26. The Hall–Kier alpha value is -2.38. The summed E-state index contributed by atoms with van der Waals surface area (Å²) in [7, 11) is 0. The molecule has 1 fully saturated rings. The number of rotatable bonds is 8. The lowest BCUT2D eigenvalue weighted by atomic mass is 10.2. The van der Waals surface area contributed by atoms with Crippen LogP contribution < -0.4 is 0 Å². The van der Waals surface area contributed by atoms with Crippen LogP contribution in [0.15, 0.2) is 35.2 Å². The molecule has 0 atom stereocenters. The van der Waals surface area contributed by atoms with Gasteiger partial charge in [0.25, 0.3) is 5.91 Å². The maximum Gasteiger partial charge on any atom is 0.338 e. The van der Waals surface area contributed by atoms with Crippen LogP contribution in [-0.4, -0.2) is 38.8 Å². The second-order valence-corrected chi connectivity index (χ2v) is 10.1. The van der Waals surface area contributed by atoms with Crippen LogP contribution >= 0.6 is 24.0 Å². The zero-order valence-corrected chi connectivity index (χ0v) is 20.9. The number of thiocarbonyl (C=S) groups is 1. The molecule has 2 heterocycles. The van der Waals surface area contributed by atoms with Crippen molar-refractivity contribution < 1.29 is 14.3 Å². The topological polar surface area (TPSA) is 51.5 Å². The largest absolute Gasteiger partial charge is 0.462 e. The fourth-order valence-corrected chi connectivity index (χ4v) is 4.90. The molecule has 3 rings (SSSR count). The van der Waals surface area contributed by atoms with Crippen LogP contribution in [0.2, 0.25) is 0 Å². The number of carbonyl (C=O) groups is 2. The van der Waals surface area contributed by atoms with E-state index in [-0.39, 0.29) is 11.9 Å². The SMILES string of the molecule is CCCCOC(=O)c1ccc(-n2c(C)cc(/C=C3\SC(=S)N(CC(C)C)C3=O)c2C)cc1. The van der Waals surface area contributed by atoms with E-state index in [1.807, 2.05) is 32.1 Å². The Labute approximate surface area is 199 Å². The van der Waals surface area contributed by atoms with Crippen LogP contribution in [0, 0.1) is 19.8 Å². The van der Waals surface area contributed by atoms with Crippen molar-refractivity contribution in [3.05, 3.63) is 57.8 Å². The molecule has 2 aromatic rings. The third-order valence-corrected chi connectivity index (χ3v) is 6.65. The zero-order chi connectivity index (χ0) is 23.4. The lowest BCUT2D eigenvalue weighted by molar-refractivity contribution is -0.122. The molecule has 0 saturated carbocycles. The van der Waals surface area contributed by atoms with Gasteiger partial charge in [0, 0.05) is 23.6 Å². The minimum Gasteiger partial charge on any atom is -0.462 e. The van der Waals surface area contributed by atoms with Crippen molar-refractivity contribution in [2.75, 3.05) is 13.2 Å². The van der Waals surface area contributed by atoms with Gasteiger partial charge >= 0.3 is 5.97 Å². The first kappa shape index (κ1) is 24.3. The maximum absolute atomic E-state index is 12.8. The monoisotopic (exact) mass is 470 g/mol. The van der Waals surface area contributed by atoms with E-state index in [0.717, 1.165) is 35.5 Å². The van der Waals surface area contributed by atoms with Gasteiger partial charge in [-0.2, -0.15) is 0 Å². The third-order valence-electron chi connectivity index (χ3n) is 5.27. The van der Waals surface area contributed by atoms with Crippen LogP contribution in [0.25, 0.3) is 11.8 Å². The summed E-state index contributed by atoms with van der Waals surface area (Å²) in [6.45, 7) is 11.3. The molecular formula is C25H30N2O3S2. The van der Waals surface area contributed by atoms with E-state index in [2.05, 4.69) is 31.4 Å². The molecule has 5 nitrogen and oxygen atoms in total. The summed E-state index contributed by atoms with van der Waals surface area (Å²) < 4.78 is 8.02. The number of nitrogens with zero attached hydrogens (tertiary/aromatic N) is 2. The molecule has 1 aromatic heterocycles. The summed E-state index contributed by atoms with van der Waals surface area (Å²) >= 11 is 6.78. The predicted molar refractivity (Wildman–Crippen MR) is 135 cm³/mol. The first-order valence-electron chi connectivity index (χ1n) is 10.9. The van der Waals surface area contributed by atoms with Gasteiger partial charge in [0.15, 0.2) is 0 Å². The molecule has 1 aromatic carbocycles. The smallest absolute Gasteiger partial charge is 0.338 e. The Kier molecular flexibility index (Phi) is 7.96. The molecule has 32 heavy (non-hydrogen) atoms. The van der Waals surface area contributed by atoms with Crippen LogP contribution in [-0.2, 0) is 9.53 Å². The van der Waals surface area contributed by atoms with Crippen LogP contribution in [0.5, 0.6) is 0 Å². The van der Waals surface area contributed by atoms with Crippen LogP contribution in [0.3, 0.4) is 0 Å². The number of ether oxygens (including phenoxy) is 1. The maximum atomic E-state index is 12.8. The molecular weight excluding hydrogens is 440 g/mol. The molecule has 170 valence electrons. The van der Waals surface area contributed by atoms with Crippen molar-refractivity contribution in [1.82, 2.24) is 9.47 Å². The van der Waals surface area contributed by atoms with Crippen molar-refractivity contribution >= 4 is 46.3 Å². The molecule has 1 aliphatic heterocycles. The summed E-state index contributed by atoms with van der Waals surface area (Å²) in [5.41, 5.74) is 4.55.